The number of nitrogens with zero attached hydrogens (tertiary/aromatic N) is 1. The molecular weight excluding hydrogens is 306 g/mol. The lowest BCUT2D eigenvalue weighted by Gasteiger charge is -2.08. The molecule has 0 amide bonds. The molecule has 0 saturated heterocycles. The number of pyridine rings is 1. The van der Waals surface area contributed by atoms with Crippen LogP contribution < -0.4 is 10.0 Å². The predicted molar refractivity (Wildman–Crippen MR) is 86.1 cm³/mol. The summed E-state index contributed by atoms with van der Waals surface area (Å²) in [6, 6.07) is 6.97. The van der Waals surface area contributed by atoms with Crippen molar-refractivity contribution >= 4 is 27.2 Å². The first-order chi connectivity index (χ1) is 10.0. The lowest BCUT2D eigenvalue weighted by atomic mass is 10.4. The van der Waals surface area contributed by atoms with E-state index >= 15 is 0 Å². The number of aryl methyl sites for hydroxylation is 1. The largest absolute Gasteiger partial charge is 0.370 e. The summed E-state index contributed by atoms with van der Waals surface area (Å²) in [5.74, 6) is 0.576. The Morgan fingerprint density at radius 1 is 1.29 bits per heavy atom. The highest BCUT2D eigenvalue weighted by molar-refractivity contribution is 7.89. The Kier molecular flexibility index (Phi) is 5.33. The van der Waals surface area contributed by atoms with E-state index in [2.05, 4.69) is 15.0 Å². The maximum Gasteiger partial charge on any atom is 0.241 e. The fraction of sp³-hybridized carbons (Fsp3) is 0.357. The Morgan fingerprint density at radius 3 is 2.76 bits per heavy atom. The lowest BCUT2D eigenvalue weighted by Crippen LogP contribution is -2.23. The minimum Gasteiger partial charge on any atom is -0.370 e. The molecule has 2 aromatic rings. The molecule has 0 spiro atoms. The lowest BCUT2D eigenvalue weighted by molar-refractivity contribution is 0.581. The van der Waals surface area contributed by atoms with E-state index in [-0.39, 0.29) is 4.90 Å². The fourth-order valence-electron chi connectivity index (χ4n) is 1.76. The summed E-state index contributed by atoms with van der Waals surface area (Å²) in [4.78, 5) is 6.50. The van der Waals surface area contributed by atoms with Gasteiger partial charge in [0, 0.05) is 35.1 Å². The van der Waals surface area contributed by atoms with E-state index in [0.717, 1.165) is 17.8 Å². The molecule has 0 bridgehead atoms. The quantitative estimate of drug-likeness (QED) is 0.821. The zero-order valence-corrected chi connectivity index (χ0v) is 13.7. The molecule has 2 N–H and O–H groups in total. The zero-order valence-electron chi connectivity index (χ0n) is 12.1. The van der Waals surface area contributed by atoms with Crippen molar-refractivity contribution in [2.45, 2.75) is 31.7 Å². The van der Waals surface area contributed by atoms with E-state index in [4.69, 9.17) is 0 Å². The third-order valence-electron chi connectivity index (χ3n) is 2.83. The number of aromatic nitrogens is 1. The molecule has 0 radical (unpaired) electrons. The van der Waals surface area contributed by atoms with E-state index in [0.29, 0.717) is 12.4 Å². The molecule has 2 aromatic heterocycles. The predicted octanol–water partition coefficient (Wildman–Crippen LogP) is 2.75. The molecule has 7 heteroatoms. The van der Waals surface area contributed by atoms with Gasteiger partial charge in [-0.2, -0.15) is 0 Å². The number of nitrogens with one attached hydrogen (secondary N) is 2. The summed E-state index contributed by atoms with van der Waals surface area (Å²) in [6.45, 7) is 5.11. The van der Waals surface area contributed by atoms with Crippen LogP contribution in [0.3, 0.4) is 0 Å². The Balaban J connectivity index is 2.08. The monoisotopic (exact) mass is 325 g/mol. The Morgan fingerprint density at radius 2 is 2.10 bits per heavy atom. The van der Waals surface area contributed by atoms with Crippen molar-refractivity contribution in [1.29, 1.82) is 0 Å². The third-order valence-corrected chi connectivity index (χ3v) is 5.23. The Bertz CT molecular complexity index is 696. The average molecular weight is 325 g/mol. The van der Waals surface area contributed by atoms with Crippen LogP contribution in [-0.4, -0.2) is 19.9 Å². The van der Waals surface area contributed by atoms with Gasteiger partial charge in [-0.3, -0.25) is 0 Å². The van der Waals surface area contributed by atoms with Crippen molar-refractivity contribution in [2.24, 2.45) is 0 Å². The van der Waals surface area contributed by atoms with Gasteiger partial charge in [-0.1, -0.05) is 6.92 Å². The van der Waals surface area contributed by atoms with Gasteiger partial charge < -0.3 is 5.32 Å². The van der Waals surface area contributed by atoms with Crippen LogP contribution in [0.15, 0.2) is 35.4 Å². The topological polar surface area (TPSA) is 71.1 Å². The van der Waals surface area contributed by atoms with E-state index < -0.39 is 10.0 Å². The van der Waals surface area contributed by atoms with Crippen LogP contribution in [0.5, 0.6) is 0 Å². The summed E-state index contributed by atoms with van der Waals surface area (Å²) in [5.41, 5.74) is 0. The minimum absolute atomic E-state index is 0.226. The number of thiophene rings is 1. The molecule has 5 nitrogen and oxygen atoms in total. The van der Waals surface area contributed by atoms with Gasteiger partial charge in [0.1, 0.15) is 5.82 Å². The van der Waals surface area contributed by atoms with E-state index in [1.807, 2.05) is 26.0 Å². The summed E-state index contributed by atoms with van der Waals surface area (Å²) in [6.07, 6.45) is 2.45. The molecular formula is C14H19N3O2S2. The number of hydrogen-bond acceptors (Lipinski definition) is 5. The first-order valence-electron chi connectivity index (χ1n) is 6.76. The van der Waals surface area contributed by atoms with Crippen LogP contribution in [0.4, 0.5) is 5.82 Å². The SMILES string of the molecule is CCCNc1cc(S(=O)(=O)NCc2ccc(C)s2)ccn1. The van der Waals surface area contributed by atoms with Crippen LogP contribution in [0.25, 0.3) is 0 Å². The number of rotatable bonds is 7. The standard InChI is InChI=1S/C14H19N3O2S2/c1-3-7-15-14-9-13(6-8-16-14)21(18,19)17-10-12-5-4-11(2)20-12/h4-6,8-9,17H,3,7,10H2,1-2H3,(H,15,16). The van der Waals surface area contributed by atoms with Crippen LogP contribution in [0, 0.1) is 6.92 Å². The summed E-state index contributed by atoms with van der Waals surface area (Å²) in [5, 5.41) is 3.08. The summed E-state index contributed by atoms with van der Waals surface area (Å²) >= 11 is 1.59. The molecule has 21 heavy (non-hydrogen) atoms. The van der Waals surface area contributed by atoms with Crippen molar-refractivity contribution in [3.63, 3.8) is 0 Å². The van der Waals surface area contributed by atoms with Gasteiger partial charge in [-0.25, -0.2) is 18.1 Å². The second-order valence-corrected chi connectivity index (χ2v) is 7.78. The molecule has 0 aliphatic heterocycles. The van der Waals surface area contributed by atoms with E-state index in [1.54, 1.807) is 17.4 Å². The summed E-state index contributed by atoms with van der Waals surface area (Å²) in [7, 11) is -3.52. The zero-order chi connectivity index (χ0) is 15.3. The number of hydrogen-bond donors (Lipinski definition) is 2. The molecule has 0 atom stereocenters. The van der Waals surface area contributed by atoms with Crippen molar-refractivity contribution in [3.05, 3.63) is 40.2 Å². The molecule has 114 valence electrons. The molecule has 2 heterocycles. The van der Waals surface area contributed by atoms with Gasteiger partial charge >= 0.3 is 0 Å². The van der Waals surface area contributed by atoms with Crippen molar-refractivity contribution < 1.29 is 8.42 Å². The Labute approximate surface area is 129 Å². The van der Waals surface area contributed by atoms with Crippen LogP contribution >= 0.6 is 11.3 Å². The second-order valence-electron chi connectivity index (χ2n) is 4.64. The molecule has 0 aromatic carbocycles. The van der Waals surface area contributed by atoms with Crippen molar-refractivity contribution in [3.8, 4) is 0 Å². The van der Waals surface area contributed by atoms with Crippen LogP contribution in [0.2, 0.25) is 0 Å². The first kappa shape index (κ1) is 15.9. The maximum atomic E-state index is 12.3. The third kappa shape index (κ3) is 4.52. The van der Waals surface area contributed by atoms with Gasteiger partial charge in [-0.15, -0.1) is 11.3 Å². The molecule has 0 fully saturated rings. The van der Waals surface area contributed by atoms with Gasteiger partial charge in [0.25, 0.3) is 0 Å². The number of sulfonamides is 1. The number of anilines is 1. The van der Waals surface area contributed by atoms with Crippen molar-refractivity contribution in [2.75, 3.05) is 11.9 Å². The van der Waals surface area contributed by atoms with Gasteiger partial charge in [0.05, 0.1) is 4.90 Å². The van der Waals surface area contributed by atoms with Crippen LogP contribution in [0.1, 0.15) is 23.1 Å². The smallest absolute Gasteiger partial charge is 0.241 e. The minimum atomic E-state index is -3.52. The molecule has 2 rings (SSSR count). The highest BCUT2D eigenvalue weighted by atomic mass is 32.2. The van der Waals surface area contributed by atoms with Gasteiger partial charge in [0.15, 0.2) is 0 Å². The normalized spacial score (nSPS) is 11.5. The highest BCUT2D eigenvalue weighted by Crippen LogP contribution is 2.17. The maximum absolute atomic E-state index is 12.3. The fourth-order valence-corrected chi connectivity index (χ4v) is 3.70. The van der Waals surface area contributed by atoms with Gasteiger partial charge in [0.2, 0.25) is 10.0 Å². The highest BCUT2D eigenvalue weighted by Gasteiger charge is 2.15. The second kappa shape index (κ2) is 7.02. The van der Waals surface area contributed by atoms with Crippen LogP contribution in [-0.2, 0) is 16.6 Å². The van der Waals surface area contributed by atoms with E-state index in [9.17, 15) is 8.42 Å². The molecule has 0 aliphatic rings. The molecule has 0 saturated carbocycles. The van der Waals surface area contributed by atoms with Crippen molar-refractivity contribution in [1.82, 2.24) is 9.71 Å². The first-order valence-corrected chi connectivity index (χ1v) is 9.06. The average Bonchev–Trinajstić information content (AvgIpc) is 2.89. The molecule has 0 aliphatic carbocycles. The molecule has 0 unspecified atom stereocenters. The summed E-state index contributed by atoms with van der Waals surface area (Å²) < 4.78 is 27.2. The van der Waals surface area contributed by atoms with Gasteiger partial charge in [-0.05, 0) is 31.5 Å². The van der Waals surface area contributed by atoms with E-state index in [1.165, 1.54) is 17.1 Å². The Hall–Kier alpha value is -1.44.